The van der Waals surface area contributed by atoms with E-state index in [9.17, 15) is 5.11 Å². The van der Waals surface area contributed by atoms with Gasteiger partial charge >= 0.3 is 0 Å². The Morgan fingerprint density at radius 3 is 2.47 bits per heavy atom. The van der Waals surface area contributed by atoms with Gasteiger partial charge in [0.05, 0.1) is 25.2 Å². The molecule has 15 heavy (non-hydrogen) atoms. The number of aliphatic hydroxyl groups excluding tert-OH is 1. The van der Waals surface area contributed by atoms with Gasteiger partial charge in [-0.15, -0.1) is 0 Å². The zero-order valence-corrected chi connectivity index (χ0v) is 9.48. The van der Waals surface area contributed by atoms with E-state index >= 15 is 0 Å². The maximum atomic E-state index is 9.42. The Balaban J connectivity index is 1.92. The second-order valence-electron chi connectivity index (χ2n) is 5.18. The first-order chi connectivity index (χ1) is 7.18. The Bertz CT molecular complexity index is 205. The van der Waals surface area contributed by atoms with Crippen LogP contribution < -0.4 is 5.73 Å². The minimum absolute atomic E-state index is 0.102. The molecule has 2 aliphatic rings. The van der Waals surface area contributed by atoms with Crippen molar-refractivity contribution < 1.29 is 9.84 Å². The van der Waals surface area contributed by atoms with Crippen LogP contribution in [0.3, 0.4) is 0 Å². The molecule has 2 heterocycles. The zero-order chi connectivity index (χ0) is 10.9. The van der Waals surface area contributed by atoms with E-state index < -0.39 is 0 Å². The lowest BCUT2D eigenvalue weighted by Gasteiger charge is -2.48. The molecule has 0 radical (unpaired) electrons. The summed E-state index contributed by atoms with van der Waals surface area (Å²) in [7, 11) is 2.15. The van der Waals surface area contributed by atoms with Gasteiger partial charge in [0.15, 0.2) is 0 Å². The summed E-state index contributed by atoms with van der Waals surface area (Å²) in [5.74, 6) is 0.553. The number of nitrogens with zero attached hydrogens (tertiary/aromatic N) is 1. The Morgan fingerprint density at radius 1 is 1.47 bits per heavy atom. The fourth-order valence-electron chi connectivity index (χ4n) is 2.64. The van der Waals surface area contributed by atoms with Crippen molar-refractivity contribution in [3.05, 3.63) is 0 Å². The van der Waals surface area contributed by atoms with Gasteiger partial charge in [-0.05, 0) is 38.9 Å². The van der Waals surface area contributed by atoms with Gasteiger partial charge in [0.2, 0.25) is 0 Å². The van der Waals surface area contributed by atoms with E-state index in [0.29, 0.717) is 19.1 Å². The van der Waals surface area contributed by atoms with Crippen molar-refractivity contribution in [1.82, 2.24) is 4.90 Å². The summed E-state index contributed by atoms with van der Waals surface area (Å²) < 4.78 is 5.21. The van der Waals surface area contributed by atoms with E-state index in [1.165, 1.54) is 0 Å². The lowest BCUT2D eigenvalue weighted by molar-refractivity contribution is -0.159. The summed E-state index contributed by atoms with van der Waals surface area (Å²) in [6.45, 7) is 3.69. The van der Waals surface area contributed by atoms with Crippen LogP contribution in [0, 0.1) is 11.3 Å². The molecule has 0 saturated carbocycles. The van der Waals surface area contributed by atoms with Gasteiger partial charge in [0.1, 0.15) is 0 Å². The van der Waals surface area contributed by atoms with E-state index in [4.69, 9.17) is 10.5 Å². The van der Waals surface area contributed by atoms with Crippen molar-refractivity contribution in [1.29, 1.82) is 0 Å². The number of piperidine rings is 1. The topological polar surface area (TPSA) is 58.7 Å². The molecular formula is C11H22N2O2. The molecule has 0 spiro atoms. The number of likely N-dealkylation sites (tertiary alicyclic amines) is 1. The van der Waals surface area contributed by atoms with Crippen LogP contribution in [0.2, 0.25) is 0 Å². The Kier molecular flexibility index (Phi) is 3.30. The highest BCUT2D eigenvalue weighted by Gasteiger charge is 2.46. The van der Waals surface area contributed by atoms with Gasteiger partial charge in [0.25, 0.3) is 0 Å². The van der Waals surface area contributed by atoms with Gasteiger partial charge in [-0.2, -0.15) is 0 Å². The van der Waals surface area contributed by atoms with Crippen molar-refractivity contribution in [3.8, 4) is 0 Å². The summed E-state index contributed by atoms with van der Waals surface area (Å²) in [4.78, 5) is 2.34. The predicted molar refractivity (Wildman–Crippen MR) is 58.5 cm³/mol. The minimum atomic E-state index is -0.138. The smallest absolute Gasteiger partial charge is 0.0582 e. The summed E-state index contributed by atoms with van der Waals surface area (Å²) in [6.07, 6.45) is 2.30. The largest absolute Gasteiger partial charge is 0.396 e. The maximum Gasteiger partial charge on any atom is 0.0582 e. The highest BCUT2D eigenvalue weighted by molar-refractivity contribution is 4.98. The van der Waals surface area contributed by atoms with E-state index in [0.717, 1.165) is 25.9 Å². The number of ether oxygens (including phenoxy) is 1. The number of aliphatic hydroxyl groups is 1. The number of hydrogen-bond donors (Lipinski definition) is 2. The SMILES string of the molecule is CN1CCC(C(N)C2(CO)COC2)CC1. The molecule has 1 atom stereocenters. The maximum absolute atomic E-state index is 9.42. The van der Waals surface area contributed by atoms with Crippen LogP contribution in [0.1, 0.15) is 12.8 Å². The summed E-state index contributed by atoms with van der Waals surface area (Å²) >= 11 is 0. The molecule has 0 aromatic heterocycles. The molecule has 1 unspecified atom stereocenters. The van der Waals surface area contributed by atoms with Gasteiger partial charge < -0.3 is 20.5 Å². The van der Waals surface area contributed by atoms with Crippen molar-refractivity contribution in [2.75, 3.05) is 40.0 Å². The Labute approximate surface area is 91.4 Å². The molecule has 2 aliphatic heterocycles. The van der Waals surface area contributed by atoms with Gasteiger partial charge in [-0.3, -0.25) is 0 Å². The number of hydrogen-bond acceptors (Lipinski definition) is 4. The summed E-state index contributed by atoms with van der Waals surface area (Å²) in [5, 5.41) is 9.42. The lowest BCUT2D eigenvalue weighted by atomic mass is 9.71. The first-order valence-corrected chi connectivity index (χ1v) is 5.81. The normalized spacial score (nSPS) is 29.8. The van der Waals surface area contributed by atoms with Crippen LogP contribution in [-0.2, 0) is 4.74 Å². The van der Waals surface area contributed by atoms with E-state index in [2.05, 4.69) is 11.9 Å². The first kappa shape index (κ1) is 11.3. The molecule has 0 aromatic rings. The van der Waals surface area contributed by atoms with Crippen molar-refractivity contribution >= 4 is 0 Å². The Morgan fingerprint density at radius 2 is 2.07 bits per heavy atom. The van der Waals surface area contributed by atoms with Crippen molar-refractivity contribution in [3.63, 3.8) is 0 Å². The van der Waals surface area contributed by atoms with E-state index in [1.54, 1.807) is 0 Å². The molecule has 2 fully saturated rings. The van der Waals surface area contributed by atoms with Crippen LogP contribution >= 0.6 is 0 Å². The third kappa shape index (κ3) is 2.04. The van der Waals surface area contributed by atoms with Crippen LogP contribution in [0.25, 0.3) is 0 Å². The zero-order valence-electron chi connectivity index (χ0n) is 9.48. The molecule has 0 bridgehead atoms. The molecule has 0 aliphatic carbocycles. The molecule has 2 rings (SSSR count). The number of rotatable bonds is 3. The molecule has 4 heteroatoms. The van der Waals surface area contributed by atoms with Crippen LogP contribution in [0.5, 0.6) is 0 Å². The Hall–Kier alpha value is -0.160. The highest BCUT2D eigenvalue weighted by Crippen LogP contribution is 2.36. The summed E-state index contributed by atoms with van der Waals surface area (Å²) in [5.41, 5.74) is 6.15. The monoisotopic (exact) mass is 214 g/mol. The lowest BCUT2D eigenvalue weighted by Crippen LogP contribution is -2.61. The molecule has 2 saturated heterocycles. The minimum Gasteiger partial charge on any atom is -0.396 e. The average molecular weight is 214 g/mol. The molecule has 3 N–H and O–H groups in total. The van der Waals surface area contributed by atoms with Crippen molar-refractivity contribution in [2.24, 2.45) is 17.1 Å². The predicted octanol–water partition coefficient (Wildman–Crippen LogP) is -0.336. The summed E-state index contributed by atoms with van der Waals surface area (Å²) in [6, 6.07) is 0.102. The van der Waals surface area contributed by atoms with E-state index in [-0.39, 0.29) is 18.1 Å². The molecular weight excluding hydrogens is 192 g/mol. The van der Waals surface area contributed by atoms with Gasteiger partial charge in [-0.25, -0.2) is 0 Å². The van der Waals surface area contributed by atoms with Crippen LogP contribution in [0.4, 0.5) is 0 Å². The quantitative estimate of drug-likeness (QED) is 0.675. The van der Waals surface area contributed by atoms with Gasteiger partial charge in [-0.1, -0.05) is 0 Å². The molecule has 88 valence electrons. The van der Waals surface area contributed by atoms with Crippen LogP contribution in [0.15, 0.2) is 0 Å². The third-order valence-electron chi connectivity index (χ3n) is 4.07. The third-order valence-corrected chi connectivity index (χ3v) is 4.07. The standard InChI is InChI=1S/C11H22N2O2/c1-13-4-2-9(3-5-13)10(12)11(6-14)7-15-8-11/h9-10,14H,2-8,12H2,1H3. The second kappa shape index (κ2) is 4.37. The highest BCUT2D eigenvalue weighted by atomic mass is 16.5. The fraction of sp³-hybridized carbons (Fsp3) is 1.00. The molecule has 4 nitrogen and oxygen atoms in total. The first-order valence-electron chi connectivity index (χ1n) is 5.81. The van der Waals surface area contributed by atoms with Crippen molar-refractivity contribution in [2.45, 2.75) is 18.9 Å². The average Bonchev–Trinajstić information content (AvgIpc) is 2.18. The van der Waals surface area contributed by atoms with Gasteiger partial charge in [0, 0.05) is 6.04 Å². The number of nitrogens with two attached hydrogens (primary N) is 1. The fourth-order valence-corrected chi connectivity index (χ4v) is 2.64. The second-order valence-corrected chi connectivity index (χ2v) is 5.18. The molecule has 0 amide bonds. The molecule has 0 aromatic carbocycles. The van der Waals surface area contributed by atoms with E-state index in [1.807, 2.05) is 0 Å². The van der Waals surface area contributed by atoms with Crippen LogP contribution in [-0.4, -0.2) is 56.0 Å².